The fourth-order valence-corrected chi connectivity index (χ4v) is 0. The van der Waals surface area contributed by atoms with Gasteiger partial charge in [0.1, 0.15) is 0 Å². The largest absolute Gasteiger partial charge is 0.473 e. The van der Waals surface area contributed by atoms with E-state index < -0.39 is 23.9 Å². The Bertz CT molecular complexity index is 181. The Labute approximate surface area is 158 Å². The van der Waals surface area contributed by atoms with Crippen LogP contribution in [-0.4, -0.2) is 112 Å². The number of carbonyl (C=O) groups is 4. The van der Waals surface area contributed by atoms with Gasteiger partial charge >= 0.3 is 23.9 Å². The Kier molecular flexibility index (Phi) is 118. The van der Waals surface area contributed by atoms with E-state index in [0.717, 1.165) is 0 Å². The van der Waals surface area contributed by atoms with E-state index in [0.29, 0.717) is 0 Å². The Morgan fingerprint density at radius 2 is 0.579 bits per heavy atom. The summed E-state index contributed by atoms with van der Waals surface area (Å²) in [4.78, 5) is 36.4. The van der Waals surface area contributed by atoms with Crippen LogP contribution in [0.2, 0.25) is 0 Å². The molecule has 13 nitrogen and oxygen atoms in total. The molecule has 0 unspecified atom stereocenters. The number of rotatable bonds is 0. The molecule has 1 radical (unpaired) electrons. The second-order valence-electron chi connectivity index (χ2n) is 1.22. The predicted molar refractivity (Wildman–Crippen MR) is 56.9 cm³/mol. The van der Waals surface area contributed by atoms with Gasteiger partial charge in [-0.25, -0.2) is 19.2 Å². The van der Waals surface area contributed by atoms with E-state index in [2.05, 4.69) is 0 Å². The van der Waals surface area contributed by atoms with Crippen molar-refractivity contribution in [2.45, 2.75) is 0 Å². The maximum atomic E-state index is 9.10. The third-order valence-electron chi connectivity index (χ3n) is 0.366. The summed E-state index contributed by atoms with van der Waals surface area (Å²) in [5, 5.41) is 29.6. The van der Waals surface area contributed by atoms with Crippen molar-refractivity contribution < 1.29 is 84.3 Å². The number of carboxylic acids is 4. The summed E-state index contributed by atoms with van der Waals surface area (Å²) < 4.78 is 0. The SMILES string of the molecule is O.O.O.O=C(O)C(=O)O.O=C(O)C(=O)O.[Cr].[K].[OH3+].[OH3+]. The summed E-state index contributed by atoms with van der Waals surface area (Å²) in [6.45, 7) is 0. The van der Waals surface area contributed by atoms with Crippen molar-refractivity contribution in [3.05, 3.63) is 0 Å². The summed E-state index contributed by atoms with van der Waals surface area (Å²) in [5.41, 5.74) is 0. The van der Waals surface area contributed by atoms with Crippen LogP contribution < -0.4 is 0 Å². The molecule has 0 heterocycles. The van der Waals surface area contributed by atoms with Gasteiger partial charge in [-0.1, -0.05) is 0 Å². The minimum absolute atomic E-state index is 0. The van der Waals surface area contributed by atoms with Crippen LogP contribution >= 0.6 is 0 Å². The minimum Gasteiger partial charge on any atom is -0.473 e. The number of hydrogen-bond acceptors (Lipinski definition) is 4. The molecular formula is C4H16CrKO13+2. The fraction of sp³-hybridized carbons (Fsp3) is 0. The van der Waals surface area contributed by atoms with Gasteiger partial charge in [0.25, 0.3) is 0 Å². The quantitative estimate of drug-likeness (QED) is 0.181. The minimum atomic E-state index is -1.82. The summed E-state index contributed by atoms with van der Waals surface area (Å²) in [5.74, 6) is -7.30. The van der Waals surface area contributed by atoms with Crippen molar-refractivity contribution in [3.63, 3.8) is 0 Å². The molecule has 115 valence electrons. The predicted octanol–water partition coefficient (Wildman–Crippen LogP) is -6.39. The van der Waals surface area contributed by atoms with Gasteiger partial charge in [-0.2, -0.15) is 0 Å². The first-order valence-electron chi connectivity index (χ1n) is 2.21. The number of aliphatic carboxylic acids is 4. The standard InChI is InChI=1S/2C2H2O4.Cr.K.5H2O/c2*3-1(4)2(5)6;;;;;;;/h2*(H,3,4)(H,5,6);;;5*1H2/p+2. The molecule has 0 aliphatic heterocycles. The molecule has 0 rings (SSSR count). The van der Waals surface area contributed by atoms with Crippen LogP contribution in [0.15, 0.2) is 0 Å². The van der Waals surface area contributed by atoms with Gasteiger partial charge in [-0.05, 0) is 0 Å². The third kappa shape index (κ3) is 72.8. The van der Waals surface area contributed by atoms with Crippen molar-refractivity contribution >= 4 is 75.3 Å². The monoisotopic (exact) mass is 363 g/mol. The molecule has 0 fully saturated rings. The van der Waals surface area contributed by atoms with Crippen LogP contribution in [0.4, 0.5) is 0 Å². The first-order valence-corrected chi connectivity index (χ1v) is 2.21. The van der Waals surface area contributed by atoms with Gasteiger partial charge in [-0.3, -0.25) is 0 Å². The number of hydrogen-bond donors (Lipinski definition) is 4. The molecule has 0 saturated carbocycles. The average molecular weight is 363 g/mol. The van der Waals surface area contributed by atoms with Crippen molar-refractivity contribution in [2.75, 3.05) is 0 Å². The van der Waals surface area contributed by atoms with Crippen molar-refractivity contribution in [2.24, 2.45) is 0 Å². The van der Waals surface area contributed by atoms with Crippen LogP contribution in [0, 0.1) is 0 Å². The Morgan fingerprint density at radius 1 is 0.526 bits per heavy atom. The van der Waals surface area contributed by atoms with E-state index in [1.165, 1.54) is 0 Å². The molecule has 19 heavy (non-hydrogen) atoms. The molecule has 0 amide bonds. The zero-order valence-electron chi connectivity index (χ0n) is 9.48. The molecule has 0 aliphatic carbocycles. The van der Waals surface area contributed by atoms with Gasteiger partial charge in [0.2, 0.25) is 0 Å². The molecule has 0 aromatic rings. The zero-order valence-corrected chi connectivity index (χ0v) is 13.9. The van der Waals surface area contributed by atoms with E-state index in [9.17, 15) is 0 Å². The molecule has 16 N–H and O–H groups in total. The van der Waals surface area contributed by atoms with Crippen molar-refractivity contribution in [3.8, 4) is 0 Å². The first-order chi connectivity index (χ1) is 5.29. The van der Waals surface area contributed by atoms with E-state index >= 15 is 0 Å². The summed E-state index contributed by atoms with van der Waals surface area (Å²) in [7, 11) is 0. The van der Waals surface area contributed by atoms with Crippen molar-refractivity contribution in [1.29, 1.82) is 0 Å². The molecule has 0 spiro atoms. The second-order valence-corrected chi connectivity index (χ2v) is 1.22. The van der Waals surface area contributed by atoms with Crippen molar-refractivity contribution in [1.82, 2.24) is 0 Å². The van der Waals surface area contributed by atoms with Gasteiger partial charge in [0.15, 0.2) is 0 Å². The summed E-state index contributed by atoms with van der Waals surface area (Å²) in [6, 6.07) is 0. The van der Waals surface area contributed by atoms with Gasteiger partial charge in [0, 0.05) is 68.7 Å². The molecule has 0 aromatic heterocycles. The molecule has 0 aromatic carbocycles. The average Bonchev–Trinajstić information content (AvgIpc) is 1.88. The van der Waals surface area contributed by atoms with E-state index in [-0.39, 0.29) is 96.1 Å². The molecular weight excluding hydrogens is 347 g/mol. The Balaban J connectivity index is -0.0000000110. The third-order valence-corrected chi connectivity index (χ3v) is 0.366. The van der Waals surface area contributed by atoms with E-state index in [1.807, 2.05) is 0 Å². The topological polar surface area (TPSA) is 310 Å². The van der Waals surface area contributed by atoms with Gasteiger partial charge in [0.05, 0.1) is 0 Å². The summed E-state index contributed by atoms with van der Waals surface area (Å²) in [6.07, 6.45) is 0. The van der Waals surface area contributed by atoms with Gasteiger partial charge < -0.3 is 47.8 Å². The smallest absolute Gasteiger partial charge is 0.414 e. The molecule has 0 atom stereocenters. The second kappa shape index (κ2) is 36.1. The van der Waals surface area contributed by atoms with Crippen LogP contribution in [0.5, 0.6) is 0 Å². The van der Waals surface area contributed by atoms with Crippen LogP contribution in [0.1, 0.15) is 0 Å². The normalized spacial score (nSPS) is 4.63. The number of carboxylic acid groups (broad SMARTS) is 4. The Hall–Kier alpha value is -0.151. The fourth-order valence-electron chi connectivity index (χ4n) is 0. The van der Waals surface area contributed by atoms with Crippen LogP contribution in [-0.2, 0) is 47.5 Å². The first kappa shape index (κ1) is 61.9. The van der Waals surface area contributed by atoms with Gasteiger partial charge in [-0.15, -0.1) is 0 Å². The van der Waals surface area contributed by atoms with E-state index in [4.69, 9.17) is 39.6 Å². The maximum Gasteiger partial charge on any atom is 0.414 e. The molecule has 0 saturated heterocycles. The maximum absolute atomic E-state index is 9.10. The van der Waals surface area contributed by atoms with Crippen LogP contribution in [0.3, 0.4) is 0 Å². The molecule has 15 heteroatoms. The Morgan fingerprint density at radius 3 is 0.579 bits per heavy atom. The molecule has 0 bridgehead atoms. The summed E-state index contributed by atoms with van der Waals surface area (Å²) >= 11 is 0. The zero-order chi connectivity index (χ0) is 10.3. The van der Waals surface area contributed by atoms with E-state index in [1.54, 1.807) is 0 Å². The molecule has 0 aliphatic rings. The van der Waals surface area contributed by atoms with Crippen LogP contribution in [0.25, 0.3) is 0 Å².